The van der Waals surface area contributed by atoms with Crippen molar-refractivity contribution in [2.75, 3.05) is 33.0 Å². The molecule has 0 aliphatic rings. The fourth-order valence-electron chi connectivity index (χ4n) is 5.40. The molecule has 8 nitrogen and oxygen atoms in total. The number of rotatable bonds is 38. The molecule has 0 radical (unpaired) electrons. The summed E-state index contributed by atoms with van der Waals surface area (Å²) < 4.78 is 33.3. The summed E-state index contributed by atoms with van der Waals surface area (Å²) in [5.41, 5.74) is 5.35. The van der Waals surface area contributed by atoms with Gasteiger partial charge in [-0.3, -0.25) is 13.8 Å². The Morgan fingerprint density at radius 1 is 0.604 bits per heavy atom. The van der Waals surface area contributed by atoms with Gasteiger partial charge in [-0.1, -0.05) is 134 Å². The van der Waals surface area contributed by atoms with Gasteiger partial charge >= 0.3 is 13.8 Å². The lowest BCUT2D eigenvalue weighted by atomic mass is 10.1. The minimum absolute atomic E-state index is 0.0972. The number of unbranched alkanes of at least 4 members (excludes halogenated alkanes) is 21. The van der Waals surface area contributed by atoms with Gasteiger partial charge in [0, 0.05) is 19.6 Å². The fraction of sp³-hybridized carbons (Fsp3) is 0.872. The quantitative estimate of drug-likeness (QED) is 0.0283. The Morgan fingerprint density at radius 3 is 1.56 bits per heavy atom. The average Bonchev–Trinajstić information content (AvgIpc) is 3.07. The standard InChI is InChI=1S/C39H76NO7P/c1-3-5-7-9-11-13-15-17-18-19-20-21-23-25-27-29-31-34-44-36-38(37-46-48(42,43)45-35-33-40)47-39(41)32-30-28-26-24-22-16-14-12-10-8-6-4-2/h12,14,18-19,38H,3-11,13,15-17,20-37,40H2,1-2H3,(H,42,43)/b14-12-,19-18-. The third-order valence-corrected chi connectivity index (χ3v) is 9.33. The van der Waals surface area contributed by atoms with Crippen molar-refractivity contribution >= 4 is 13.8 Å². The molecule has 0 spiro atoms. The van der Waals surface area contributed by atoms with Crippen molar-refractivity contribution in [2.45, 2.75) is 187 Å². The van der Waals surface area contributed by atoms with Crippen LogP contribution < -0.4 is 5.73 Å². The van der Waals surface area contributed by atoms with Crippen LogP contribution in [0.1, 0.15) is 181 Å². The van der Waals surface area contributed by atoms with Crippen molar-refractivity contribution in [3.63, 3.8) is 0 Å². The maximum absolute atomic E-state index is 12.5. The van der Waals surface area contributed by atoms with E-state index in [9.17, 15) is 14.3 Å². The predicted octanol–water partition coefficient (Wildman–Crippen LogP) is 11.3. The van der Waals surface area contributed by atoms with E-state index in [0.29, 0.717) is 13.0 Å². The number of phosphoric acid groups is 1. The van der Waals surface area contributed by atoms with E-state index in [4.69, 9.17) is 24.3 Å². The summed E-state index contributed by atoms with van der Waals surface area (Å²) in [4.78, 5) is 22.4. The van der Waals surface area contributed by atoms with E-state index >= 15 is 0 Å². The third kappa shape index (κ3) is 36.3. The highest BCUT2D eigenvalue weighted by molar-refractivity contribution is 7.47. The molecule has 284 valence electrons. The van der Waals surface area contributed by atoms with E-state index < -0.39 is 13.9 Å². The van der Waals surface area contributed by atoms with Gasteiger partial charge in [0.05, 0.1) is 19.8 Å². The van der Waals surface area contributed by atoms with Gasteiger partial charge < -0.3 is 20.1 Å². The van der Waals surface area contributed by atoms with Crippen molar-refractivity contribution in [3.05, 3.63) is 24.3 Å². The molecule has 2 unspecified atom stereocenters. The van der Waals surface area contributed by atoms with Crippen LogP contribution in [0.3, 0.4) is 0 Å². The van der Waals surface area contributed by atoms with Gasteiger partial charge in [0.15, 0.2) is 0 Å². The van der Waals surface area contributed by atoms with Crippen LogP contribution in [0.2, 0.25) is 0 Å². The van der Waals surface area contributed by atoms with Gasteiger partial charge in [-0.15, -0.1) is 0 Å². The zero-order valence-corrected chi connectivity index (χ0v) is 32.1. The van der Waals surface area contributed by atoms with Gasteiger partial charge in [-0.05, 0) is 64.2 Å². The summed E-state index contributed by atoms with van der Waals surface area (Å²) in [5, 5.41) is 0. The number of carbonyl (C=O) groups excluding carboxylic acids is 1. The summed E-state index contributed by atoms with van der Waals surface area (Å²) in [5.74, 6) is -0.342. The lowest BCUT2D eigenvalue weighted by molar-refractivity contribution is -0.154. The summed E-state index contributed by atoms with van der Waals surface area (Å²) in [6.07, 6.45) is 39.0. The molecule has 0 aromatic heterocycles. The monoisotopic (exact) mass is 702 g/mol. The Morgan fingerprint density at radius 2 is 1.04 bits per heavy atom. The zero-order valence-electron chi connectivity index (χ0n) is 31.2. The van der Waals surface area contributed by atoms with Crippen molar-refractivity contribution in [3.8, 4) is 0 Å². The molecule has 48 heavy (non-hydrogen) atoms. The van der Waals surface area contributed by atoms with Crippen LogP contribution in [0, 0.1) is 0 Å². The lowest BCUT2D eigenvalue weighted by Gasteiger charge is -2.20. The number of nitrogens with two attached hydrogens (primary N) is 1. The number of hydrogen-bond donors (Lipinski definition) is 2. The van der Waals surface area contributed by atoms with Crippen molar-refractivity contribution in [2.24, 2.45) is 5.73 Å². The van der Waals surface area contributed by atoms with Gasteiger partial charge in [0.2, 0.25) is 0 Å². The summed E-state index contributed by atoms with van der Waals surface area (Å²) in [6, 6.07) is 0. The van der Waals surface area contributed by atoms with Crippen LogP contribution in [0.5, 0.6) is 0 Å². The van der Waals surface area contributed by atoms with E-state index in [1.807, 2.05) is 0 Å². The van der Waals surface area contributed by atoms with E-state index in [0.717, 1.165) is 44.9 Å². The predicted molar refractivity (Wildman–Crippen MR) is 201 cm³/mol. The molecule has 0 bridgehead atoms. The summed E-state index contributed by atoms with van der Waals surface area (Å²) in [7, 11) is -4.27. The molecule has 0 fully saturated rings. The number of phosphoric ester groups is 1. The second-order valence-electron chi connectivity index (χ2n) is 13.1. The molecule has 0 amide bonds. The topological polar surface area (TPSA) is 117 Å². The number of allylic oxidation sites excluding steroid dienone is 4. The first-order valence-corrected chi connectivity index (χ1v) is 21.3. The molecule has 0 aromatic carbocycles. The first-order chi connectivity index (χ1) is 23.4. The summed E-state index contributed by atoms with van der Waals surface area (Å²) >= 11 is 0. The normalized spacial score (nSPS) is 13.8. The van der Waals surface area contributed by atoms with Gasteiger partial charge in [0.1, 0.15) is 6.10 Å². The highest BCUT2D eigenvalue weighted by atomic mass is 31.2. The van der Waals surface area contributed by atoms with E-state index in [-0.39, 0.29) is 32.3 Å². The van der Waals surface area contributed by atoms with Crippen molar-refractivity contribution in [1.82, 2.24) is 0 Å². The maximum Gasteiger partial charge on any atom is 0.472 e. The summed E-state index contributed by atoms with van der Waals surface area (Å²) in [6.45, 7) is 4.88. The largest absolute Gasteiger partial charge is 0.472 e. The fourth-order valence-corrected chi connectivity index (χ4v) is 6.16. The Bertz CT molecular complexity index is 792. The van der Waals surface area contributed by atoms with Crippen LogP contribution in [-0.2, 0) is 27.9 Å². The average molecular weight is 702 g/mol. The molecule has 0 saturated heterocycles. The third-order valence-electron chi connectivity index (χ3n) is 8.34. The van der Waals surface area contributed by atoms with Crippen LogP contribution in [0.25, 0.3) is 0 Å². The first-order valence-electron chi connectivity index (χ1n) is 19.8. The molecule has 3 N–H and O–H groups in total. The smallest absolute Gasteiger partial charge is 0.457 e. The highest BCUT2D eigenvalue weighted by Crippen LogP contribution is 2.43. The minimum Gasteiger partial charge on any atom is -0.457 e. The molecule has 0 heterocycles. The minimum atomic E-state index is -4.27. The van der Waals surface area contributed by atoms with Crippen LogP contribution in [-0.4, -0.2) is 49.9 Å². The first kappa shape index (κ1) is 47.0. The molecule has 9 heteroatoms. The Hall–Kier alpha value is -1.02. The highest BCUT2D eigenvalue weighted by Gasteiger charge is 2.25. The Kier molecular flexibility index (Phi) is 36.4. The number of ether oxygens (including phenoxy) is 2. The molecule has 0 rings (SSSR count). The molecule has 0 aromatic rings. The molecular weight excluding hydrogens is 625 g/mol. The van der Waals surface area contributed by atoms with Crippen molar-refractivity contribution in [1.29, 1.82) is 0 Å². The van der Waals surface area contributed by atoms with Gasteiger partial charge in [0.25, 0.3) is 0 Å². The second kappa shape index (κ2) is 37.2. The SMILES string of the molecule is CCCCC/C=C\CCCCCCCC(=O)OC(COCCCCCCCC/C=C\CCCCCCCCC)COP(=O)(O)OCCN. The van der Waals surface area contributed by atoms with E-state index in [1.54, 1.807) is 0 Å². The number of hydrogen-bond acceptors (Lipinski definition) is 7. The molecule has 0 aliphatic carbocycles. The molecular formula is C39H76NO7P. The maximum atomic E-state index is 12.5. The Balaban J connectivity index is 4.06. The lowest BCUT2D eigenvalue weighted by Crippen LogP contribution is -2.28. The van der Waals surface area contributed by atoms with Crippen LogP contribution >= 0.6 is 7.82 Å². The zero-order chi connectivity index (χ0) is 35.2. The van der Waals surface area contributed by atoms with Gasteiger partial charge in [-0.25, -0.2) is 4.57 Å². The number of carbonyl (C=O) groups is 1. The van der Waals surface area contributed by atoms with Gasteiger partial charge in [-0.2, -0.15) is 0 Å². The van der Waals surface area contributed by atoms with Crippen LogP contribution in [0.15, 0.2) is 24.3 Å². The molecule has 0 saturated carbocycles. The second-order valence-corrected chi connectivity index (χ2v) is 14.6. The van der Waals surface area contributed by atoms with Crippen molar-refractivity contribution < 1.29 is 32.8 Å². The number of esters is 1. The Labute approximate surface area is 296 Å². The van der Waals surface area contributed by atoms with E-state index in [1.165, 1.54) is 116 Å². The molecule has 2 atom stereocenters. The van der Waals surface area contributed by atoms with E-state index in [2.05, 4.69) is 38.2 Å². The van der Waals surface area contributed by atoms with Crippen LogP contribution in [0.4, 0.5) is 0 Å². The molecule has 0 aliphatic heterocycles.